The van der Waals surface area contributed by atoms with Crippen molar-refractivity contribution in [1.82, 2.24) is 0 Å². The van der Waals surface area contributed by atoms with Gasteiger partial charge in [0, 0.05) is 16.5 Å². The van der Waals surface area contributed by atoms with Crippen LogP contribution >= 0.6 is 0 Å². The maximum atomic E-state index is 10.4. The topological polar surface area (TPSA) is 40.5 Å². The van der Waals surface area contributed by atoms with Gasteiger partial charge in [-0.3, -0.25) is 0 Å². The predicted molar refractivity (Wildman–Crippen MR) is 76.0 cm³/mol. The standard InChI is InChI=1S/C18H16O2/c19-14-5-1-3-10-7-12-9-13-8-11-4-2-6-15(20)17(11)18(12,13)16(10)14/h1-6,12-13,19-20H,7-9H2/t12-,13+,18?. The molecule has 1 fully saturated rings. The van der Waals surface area contributed by atoms with Gasteiger partial charge in [-0.05, 0) is 54.4 Å². The zero-order valence-corrected chi connectivity index (χ0v) is 11.1. The quantitative estimate of drug-likeness (QED) is 0.767. The van der Waals surface area contributed by atoms with E-state index in [-0.39, 0.29) is 5.41 Å². The van der Waals surface area contributed by atoms with Crippen LogP contribution in [0.1, 0.15) is 28.7 Å². The molecule has 2 N–H and O–H groups in total. The minimum Gasteiger partial charge on any atom is -0.508 e. The second kappa shape index (κ2) is 3.20. The normalized spacial score (nSPS) is 32.0. The Morgan fingerprint density at radius 3 is 1.80 bits per heavy atom. The fourth-order valence-corrected chi connectivity index (χ4v) is 5.32. The summed E-state index contributed by atoms with van der Waals surface area (Å²) < 4.78 is 0. The number of phenols is 2. The van der Waals surface area contributed by atoms with Crippen molar-refractivity contribution in [1.29, 1.82) is 0 Å². The van der Waals surface area contributed by atoms with Crippen LogP contribution < -0.4 is 0 Å². The van der Waals surface area contributed by atoms with Gasteiger partial charge in [-0.25, -0.2) is 0 Å². The Hall–Kier alpha value is -1.96. The van der Waals surface area contributed by atoms with Crippen molar-refractivity contribution < 1.29 is 10.2 Å². The Labute approximate surface area is 117 Å². The monoisotopic (exact) mass is 264 g/mol. The number of rotatable bonds is 0. The van der Waals surface area contributed by atoms with Crippen LogP contribution in [0.15, 0.2) is 36.4 Å². The van der Waals surface area contributed by atoms with E-state index in [0.717, 1.165) is 24.0 Å². The van der Waals surface area contributed by atoms with Gasteiger partial charge in [0.1, 0.15) is 11.5 Å². The maximum Gasteiger partial charge on any atom is 0.119 e. The summed E-state index contributed by atoms with van der Waals surface area (Å²) in [4.78, 5) is 0. The van der Waals surface area contributed by atoms with Crippen molar-refractivity contribution in [2.45, 2.75) is 24.7 Å². The number of hydrogen-bond donors (Lipinski definition) is 2. The van der Waals surface area contributed by atoms with E-state index in [1.807, 2.05) is 12.1 Å². The molecular formula is C18H16O2. The molecule has 2 heteroatoms. The highest BCUT2D eigenvalue weighted by Crippen LogP contribution is 2.70. The lowest BCUT2D eigenvalue weighted by atomic mass is 9.52. The molecule has 5 rings (SSSR count). The van der Waals surface area contributed by atoms with E-state index in [4.69, 9.17) is 0 Å². The molecule has 1 unspecified atom stereocenters. The smallest absolute Gasteiger partial charge is 0.119 e. The van der Waals surface area contributed by atoms with E-state index in [9.17, 15) is 10.2 Å². The van der Waals surface area contributed by atoms with Crippen LogP contribution in [0.5, 0.6) is 11.5 Å². The number of hydrogen-bond acceptors (Lipinski definition) is 2. The molecular weight excluding hydrogens is 248 g/mol. The number of phenolic OH excluding ortho intramolecular Hbond substituents is 2. The zero-order chi connectivity index (χ0) is 13.5. The lowest BCUT2D eigenvalue weighted by Crippen LogP contribution is -2.48. The highest BCUT2D eigenvalue weighted by atomic mass is 16.3. The summed E-state index contributed by atoms with van der Waals surface area (Å²) in [5.74, 6) is 1.91. The molecule has 1 spiro atoms. The van der Waals surface area contributed by atoms with Gasteiger partial charge in [0.2, 0.25) is 0 Å². The molecule has 1 saturated carbocycles. The predicted octanol–water partition coefficient (Wildman–Crippen LogP) is 3.13. The summed E-state index contributed by atoms with van der Waals surface area (Å²) >= 11 is 0. The molecule has 0 amide bonds. The van der Waals surface area contributed by atoms with Gasteiger partial charge in [0.25, 0.3) is 0 Å². The maximum absolute atomic E-state index is 10.4. The fraction of sp³-hybridized carbons (Fsp3) is 0.333. The molecule has 100 valence electrons. The Morgan fingerprint density at radius 2 is 1.30 bits per heavy atom. The van der Waals surface area contributed by atoms with Crippen LogP contribution in [0.4, 0.5) is 0 Å². The fourth-order valence-electron chi connectivity index (χ4n) is 5.32. The van der Waals surface area contributed by atoms with Crippen molar-refractivity contribution >= 4 is 0 Å². The van der Waals surface area contributed by atoms with Crippen LogP contribution in [-0.2, 0) is 18.3 Å². The molecule has 3 aliphatic rings. The Kier molecular flexibility index (Phi) is 1.72. The van der Waals surface area contributed by atoms with Crippen LogP contribution in [0.3, 0.4) is 0 Å². The summed E-state index contributed by atoms with van der Waals surface area (Å²) in [5, 5.41) is 20.9. The first-order chi connectivity index (χ1) is 9.73. The molecule has 2 aromatic carbocycles. The summed E-state index contributed by atoms with van der Waals surface area (Å²) in [6.45, 7) is 0. The first-order valence-electron chi connectivity index (χ1n) is 7.35. The number of aromatic hydroxyl groups is 2. The minimum atomic E-state index is -0.110. The van der Waals surface area contributed by atoms with Gasteiger partial charge in [0.15, 0.2) is 0 Å². The molecule has 3 aliphatic carbocycles. The molecule has 20 heavy (non-hydrogen) atoms. The van der Waals surface area contributed by atoms with Crippen molar-refractivity contribution in [2.75, 3.05) is 0 Å². The minimum absolute atomic E-state index is 0.110. The van der Waals surface area contributed by atoms with E-state index < -0.39 is 0 Å². The van der Waals surface area contributed by atoms with Gasteiger partial charge in [-0.1, -0.05) is 24.3 Å². The SMILES string of the molecule is Oc1cccc2c1C13c4c(O)cccc4C[C@H]1C[C@H]3C2. The summed E-state index contributed by atoms with van der Waals surface area (Å²) in [5.41, 5.74) is 4.63. The first kappa shape index (κ1) is 10.8. The van der Waals surface area contributed by atoms with E-state index >= 15 is 0 Å². The molecule has 0 saturated heterocycles. The largest absolute Gasteiger partial charge is 0.508 e. The van der Waals surface area contributed by atoms with Crippen LogP contribution in [0.2, 0.25) is 0 Å². The second-order valence-corrected chi connectivity index (χ2v) is 6.53. The van der Waals surface area contributed by atoms with Crippen molar-refractivity contribution in [3.05, 3.63) is 58.7 Å². The molecule has 2 aromatic rings. The molecule has 0 aromatic heterocycles. The molecule has 2 nitrogen and oxygen atoms in total. The van der Waals surface area contributed by atoms with E-state index in [1.165, 1.54) is 17.5 Å². The van der Waals surface area contributed by atoms with Gasteiger partial charge in [0.05, 0.1) is 0 Å². The van der Waals surface area contributed by atoms with Crippen LogP contribution in [0.25, 0.3) is 0 Å². The zero-order valence-electron chi connectivity index (χ0n) is 11.1. The van der Waals surface area contributed by atoms with Crippen molar-refractivity contribution in [3.8, 4) is 11.5 Å². The number of benzene rings is 2. The second-order valence-electron chi connectivity index (χ2n) is 6.53. The van der Waals surface area contributed by atoms with Crippen molar-refractivity contribution in [2.24, 2.45) is 11.8 Å². The average molecular weight is 264 g/mol. The van der Waals surface area contributed by atoms with Crippen LogP contribution in [0, 0.1) is 11.8 Å². The summed E-state index contributed by atoms with van der Waals surface area (Å²) in [7, 11) is 0. The van der Waals surface area contributed by atoms with Gasteiger partial charge >= 0.3 is 0 Å². The molecule has 0 bridgehead atoms. The van der Waals surface area contributed by atoms with Gasteiger partial charge in [-0.2, -0.15) is 0 Å². The number of fused-ring (bicyclic) bond motifs is 2. The van der Waals surface area contributed by atoms with E-state index in [0.29, 0.717) is 23.3 Å². The summed E-state index contributed by atoms with van der Waals surface area (Å²) in [6.07, 6.45) is 3.28. The third-order valence-electron chi connectivity index (χ3n) is 5.87. The molecule has 0 heterocycles. The third-order valence-corrected chi connectivity index (χ3v) is 5.87. The summed E-state index contributed by atoms with van der Waals surface area (Å²) in [6, 6.07) is 11.7. The van der Waals surface area contributed by atoms with Crippen LogP contribution in [-0.4, -0.2) is 10.2 Å². The lowest BCUT2D eigenvalue weighted by Gasteiger charge is -2.50. The Morgan fingerprint density at radius 1 is 0.800 bits per heavy atom. The molecule has 0 aliphatic heterocycles. The Bertz CT molecular complexity index is 684. The third kappa shape index (κ3) is 0.943. The first-order valence-corrected chi connectivity index (χ1v) is 7.35. The lowest BCUT2D eigenvalue weighted by molar-refractivity contribution is 0.0939. The Balaban J connectivity index is 1.88. The van der Waals surface area contributed by atoms with E-state index in [1.54, 1.807) is 12.1 Å². The highest BCUT2D eigenvalue weighted by molar-refractivity contribution is 5.65. The average Bonchev–Trinajstić information content (AvgIpc) is 2.83. The highest BCUT2D eigenvalue weighted by Gasteiger charge is 2.65. The van der Waals surface area contributed by atoms with E-state index in [2.05, 4.69) is 12.1 Å². The van der Waals surface area contributed by atoms with Crippen molar-refractivity contribution in [3.63, 3.8) is 0 Å². The van der Waals surface area contributed by atoms with Gasteiger partial charge in [-0.15, -0.1) is 0 Å². The van der Waals surface area contributed by atoms with Gasteiger partial charge < -0.3 is 10.2 Å². The molecule has 0 radical (unpaired) electrons. The molecule has 3 atom stereocenters.